The number of benzene rings is 1. The maximum atomic E-state index is 11.9. The number of likely N-dealkylation sites (tertiary alicyclic amines) is 1. The number of carbonyl (C=O) groups is 1. The maximum Gasteiger partial charge on any atom is 0.407 e. The van der Waals surface area contributed by atoms with E-state index in [1.807, 2.05) is 33.8 Å². The van der Waals surface area contributed by atoms with Crippen LogP contribution in [0.4, 0.5) is 4.79 Å². The van der Waals surface area contributed by atoms with E-state index in [-0.39, 0.29) is 12.1 Å². The Morgan fingerprint density at radius 3 is 2.67 bits per heavy atom. The average Bonchev–Trinajstić information content (AvgIpc) is 2.43. The fourth-order valence-electron chi connectivity index (χ4n) is 3.02. The van der Waals surface area contributed by atoms with E-state index in [0.717, 1.165) is 37.1 Å². The zero-order valence-electron chi connectivity index (χ0n) is 15.5. The van der Waals surface area contributed by atoms with E-state index in [9.17, 15) is 9.90 Å². The zero-order valence-corrected chi connectivity index (χ0v) is 15.5. The van der Waals surface area contributed by atoms with E-state index in [0.29, 0.717) is 12.3 Å². The first-order valence-electron chi connectivity index (χ1n) is 8.65. The van der Waals surface area contributed by atoms with Gasteiger partial charge in [-0.25, -0.2) is 4.79 Å². The normalized spacial score (nSPS) is 19.1. The van der Waals surface area contributed by atoms with Crippen molar-refractivity contribution in [2.45, 2.75) is 65.6 Å². The first-order chi connectivity index (χ1) is 11.1. The fraction of sp³-hybridized carbons (Fsp3) is 0.632. The van der Waals surface area contributed by atoms with Gasteiger partial charge in [0.05, 0.1) is 0 Å². The van der Waals surface area contributed by atoms with Crippen molar-refractivity contribution >= 4 is 6.09 Å². The molecule has 0 radical (unpaired) electrons. The molecular formula is C19H30N2O3. The SMILES string of the molecule is Cc1cc(O)c(CN2CCC[C@H](NC(=O)OC(C)(C)C)C2)cc1C. The van der Waals surface area contributed by atoms with Crippen LogP contribution in [0.25, 0.3) is 0 Å². The Kier molecular flexibility index (Phi) is 5.75. The van der Waals surface area contributed by atoms with Crippen LogP contribution in [0.1, 0.15) is 50.3 Å². The molecule has 1 aliphatic heterocycles. The van der Waals surface area contributed by atoms with E-state index in [1.165, 1.54) is 5.56 Å². The van der Waals surface area contributed by atoms with Gasteiger partial charge < -0.3 is 15.2 Å². The lowest BCUT2D eigenvalue weighted by molar-refractivity contribution is 0.0470. The third kappa shape index (κ3) is 5.41. The number of hydrogen-bond donors (Lipinski definition) is 2. The monoisotopic (exact) mass is 334 g/mol. The quantitative estimate of drug-likeness (QED) is 0.888. The minimum atomic E-state index is -0.482. The van der Waals surface area contributed by atoms with Crippen molar-refractivity contribution < 1.29 is 14.6 Å². The molecule has 1 heterocycles. The van der Waals surface area contributed by atoms with Gasteiger partial charge in [-0.3, -0.25) is 4.90 Å². The number of ether oxygens (including phenoxy) is 1. The Bertz CT molecular complexity index is 593. The summed E-state index contributed by atoms with van der Waals surface area (Å²) in [5.41, 5.74) is 2.74. The van der Waals surface area contributed by atoms with Crippen molar-refractivity contribution in [2.24, 2.45) is 0 Å². The zero-order chi connectivity index (χ0) is 17.9. The highest BCUT2D eigenvalue weighted by Crippen LogP contribution is 2.24. The van der Waals surface area contributed by atoms with Gasteiger partial charge in [0.1, 0.15) is 11.4 Å². The molecule has 2 N–H and O–H groups in total. The van der Waals surface area contributed by atoms with Crippen LogP contribution >= 0.6 is 0 Å². The molecule has 0 spiro atoms. The molecule has 134 valence electrons. The van der Waals surface area contributed by atoms with Crippen LogP contribution in [-0.2, 0) is 11.3 Å². The van der Waals surface area contributed by atoms with E-state index < -0.39 is 5.60 Å². The summed E-state index contributed by atoms with van der Waals surface area (Å²) in [6, 6.07) is 3.96. The van der Waals surface area contributed by atoms with Crippen LogP contribution < -0.4 is 5.32 Å². The van der Waals surface area contributed by atoms with E-state index in [2.05, 4.69) is 23.2 Å². The number of aryl methyl sites for hydroxylation is 2. The fourth-order valence-corrected chi connectivity index (χ4v) is 3.02. The third-order valence-corrected chi connectivity index (χ3v) is 4.32. The number of hydrogen-bond acceptors (Lipinski definition) is 4. The number of nitrogens with zero attached hydrogens (tertiary/aromatic N) is 1. The first kappa shape index (κ1) is 18.6. The summed E-state index contributed by atoms with van der Waals surface area (Å²) in [6.45, 7) is 12.1. The molecule has 0 aromatic heterocycles. The number of amides is 1. The second-order valence-corrected chi connectivity index (χ2v) is 7.79. The highest BCUT2D eigenvalue weighted by molar-refractivity contribution is 5.68. The summed E-state index contributed by atoms with van der Waals surface area (Å²) >= 11 is 0. The van der Waals surface area contributed by atoms with Gasteiger partial charge in [0, 0.05) is 24.7 Å². The van der Waals surface area contributed by atoms with E-state index in [4.69, 9.17) is 4.74 Å². The van der Waals surface area contributed by atoms with Gasteiger partial charge >= 0.3 is 6.09 Å². The highest BCUT2D eigenvalue weighted by atomic mass is 16.6. The summed E-state index contributed by atoms with van der Waals surface area (Å²) in [5.74, 6) is 0.348. The van der Waals surface area contributed by atoms with Gasteiger partial charge in [-0.1, -0.05) is 6.07 Å². The van der Waals surface area contributed by atoms with Gasteiger partial charge in [0.15, 0.2) is 0 Å². The maximum absolute atomic E-state index is 11.9. The van der Waals surface area contributed by atoms with Gasteiger partial charge in [-0.15, -0.1) is 0 Å². The molecule has 1 aromatic carbocycles. The smallest absolute Gasteiger partial charge is 0.407 e. The van der Waals surface area contributed by atoms with Crippen molar-refractivity contribution in [3.05, 3.63) is 28.8 Å². The average molecular weight is 334 g/mol. The Morgan fingerprint density at radius 2 is 2.00 bits per heavy atom. The molecule has 5 nitrogen and oxygen atoms in total. The molecule has 1 fully saturated rings. The molecule has 1 atom stereocenters. The highest BCUT2D eigenvalue weighted by Gasteiger charge is 2.24. The lowest BCUT2D eigenvalue weighted by Crippen LogP contribution is -2.48. The van der Waals surface area contributed by atoms with Gasteiger partial charge in [-0.2, -0.15) is 0 Å². The lowest BCUT2D eigenvalue weighted by atomic mass is 10.0. The van der Waals surface area contributed by atoms with Crippen LogP contribution in [0.3, 0.4) is 0 Å². The molecule has 1 saturated heterocycles. The second-order valence-electron chi connectivity index (χ2n) is 7.79. The topological polar surface area (TPSA) is 61.8 Å². The van der Waals surface area contributed by atoms with Crippen LogP contribution in [0.2, 0.25) is 0 Å². The van der Waals surface area contributed by atoms with E-state index >= 15 is 0 Å². The predicted octanol–water partition coefficient (Wildman–Crippen LogP) is 3.50. The molecule has 5 heteroatoms. The summed E-state index contributed by atoms with van der Waals surface area (Å²) in [4.78, 5) is 14.2. The summed E-state index contributed by atoms with van der Waals surface area (Å²) in [6.07, 6.45) is 1.61. The standard InChI is InChI=1S/C19H30N2O3/c1-13-9-15(17(22)10-14(13)2)11-21-8-6-7-16(12-21)20-18(23)24-19(3,4)5/h9-10,16,22H,6-8,11-12H2,1-5H3,(H,20,23)/t16-/m0/s1. The van der Waals surface area contributed by atoms with Crippen LogP contribution in [0.15, 0.2) is 12.1 Å². The summed E-state index contributed by atoms with van der Waals surface area (Å²) in [5, 5.41) is 13.1. The first-order valence-corrected chi connectivity index (χ1v) is 8.65. The number of nitrogens with one attached hydrogen (secondary N) is 1. The van der Waals surface area contributed by atoms with Crippen LogP contribution in [0, 0.1) is 13.8 Å². The Labute approximate surface area is 145 Å². The summed E-state index contributed by atoms with van der Waals surface area (Å²) < 4.78 is 5.33. The molecule has 0 bridgehead atoms. The number of piperidine rings is 1. The van der Waals surface area contributed by atoms with Gasteiger partial charge in [0.2, 0.25) is 0 Å². The number of aromatic hydroxyl groups is 1. The Morgan fingerprint density at radius 1 is 1.33 bits per heavy atom. The largest absolute Gasteiger partial charge is 0.508 e. The molecule has 0 aliphatic carbocycles. The van der Waals surface area contributed by atoms with Crippen molar-refractivity contribution in [1.29, 1.82) is 0 Å². The van der Waals surface area contributed by atoms with Gasteiger partial charge in [0.25, 0.3) is 0 Å². The lowest BCUT2D eigenvalue weighted by Gasteiger charge is -2.33. The van der Waals surface area contributed by atoms with Crippen molar-refractivity contribution in [3.63, 3.8) is 0 Å². The molecule has 1 amide bonds. The Balaban J connectivity index is 1.94. The van der Waals surface area contributed by atoms with Crippen LogP contribution in [0.5, 0.6) is 5.75 Å². The summed E-state index contributed by atoms with van der Waals surface area (Å²) in [7, 11) is 0. The second kappa shape index (κ2) is 7.43. The molecule has 24 heavy (non-hydrogen) atoms. The molecule has 2 rings (SSSR count). The molecule has 0 saturated carbocycles. The molecular weight excluding hydrogens is 304 g/mol. The molecule has 1 aromatic rings. The van der Waals surface area contributed by atoms with Crippen molar-refractivity contribution in [3.8, 4) is 5.75 Å². The Hall–Kier alpha value is -1.75. The van der Waals surface area contributed by atoms with Crippen molar-refractivity contribution in [1.82, 2.24) is 10.2 Å². The molecule has 0 unspecified atom stereocenters. The van der Waals surface area contributed by atoms with Crippen molar-refractivity contribution in [2.75, 3.05) is 13.1 Å². The number of alkyl carbamates (subject to hydrolysis) is 1. The number of phenols is 1. The van der Waals surface area contributed by atoms with Crippen LogP contribution in [-0.4, -0.2) is 40.8 Å². The minimum Gasteiger partial charge on any atom is -0.508 e. The van der Waals surface area contributed by atoms with E-state index in [1.54, 1.807) is 0 Å². The minimum absolute atomic E-state index is 0.0855. The third-order valence-electron chi connectivity index (χ3n) is 4.32. The number of carbonyl (C=O) groups excluding carboxylic acids is 1. The predicted molar refractivity (Wildman–Crippen MR) is 95.2 cm³/mol. The number of rotatable bonds is 3. The van der Waals surface area contributed by atoms with Gasteiger partial charge in [-0.05, 0) is 71.2 Å². The number of phenolic OH excluding ortho intramolecular Hbond substituents is 1. The molecule has 1 aliphatic rings.